The van der Waals surface area contributed by atoms with Gasteiger partial charge in [0.1, 0.15) is 5.69 Å². The number of aromatic nitrogens is 5. The molecule has 0 aromatic carbocycles. The van der Waals surface area contributed by atoms with Gasteiger partial charge in [-0.1, -0.05) is 13.0 Å². The van der Waals surface area contributed by atoms with E-state index in [1.54, 1.807) is 6.20 Å². The molecule has 1 saturated heterocycles. The number of H-pyrrole nitrogens is 1. The quantitative estimate of drug-likeness (QED) is 0.789. The molecular weight excluding hydrogens is 318 g/mol. The second kappa shape index (κ2) is 6.60. The molecule has 1 unspecified atom stereocenters. The van der Waals surface area contributed by atoms with E-state index in [4.69, 9.17) is 14.8 Å². The van der Waals surface area contributed by atoms with E-state index in [2.05, 4.69) is 9.97 Å². The second-order valence-electron chi connectivity index (χ2n) is 6.00. The molecule has 128 valence electrons. The van der Waals surface area contributed by atoms with Crippen LogP contribution in [0.4, 0.5) is 0 Å². The fourth-order valence-electron chi connectivity index (χ4n) is 3.09. The van der Waals surface area contributed by atoms with Gasteiger partial charge in [0.15, 0.2) is 11.6 Å². The number of aryl methyl sites for hydroxylation is 1. The Hall–Kier alpha value is -2.80. The van der Waals surface area contributed by atoms with E-state index in [-0.39, 0.29) is 11.6 Å². The van der Waals surface area contributed by atoms with Crippen molar-refractivity contribution in [2.24, 2.45) is 0 Å². The molecule has 0 saturated carbocycles. The van der Waals surface area contributed by atoms with Crippen LogP contribution in [0.2, 0.25) is 0 Å². The molecule has 0 amide bonds. The lowest BCUT2D eigenvalue weighted by molar-refractivity contribution is 0.185. The highest BCUT2D eigenvalue weighted by Gasteiger charge is 2.25. The van der Waals surface area contributed by atoms with E-state index in [1.807, 2.05) is 35.9 Å². The minimum Gasteiger partial charge on any atom is -0.379 e. The van der Waals surface area contributed by atoms with Crippen LogP contribution in [0.5, 0.6) is 0 Å². The van der Waals surface area contributed by atoms with E-state index < -0.39 is 0 Å². The van der Waals surface area contributed by atoms with Crippen LogP contribution in [0, 0.1) is 0 Å². The number of hydrogen-bond donors (Lipinski definition) is 1. The molecule has 1 aliphatic heterocycles. The number of ether oxygens (including phenoxy) is 1. The van der Waals surface area contributed by atoms with Crippen LogP contribution in [0.3, 0.4) is 0 Å². The number of rotatable bonds is 4. The minimum atomic E-state index is -0.110. The van der Waals surface area contributed by atoms with Gasteiger partial charge in [0, 0.05) is 30.1 Å². The highest BCUT2D eigenvalue weighted by Crippen LogP contribution is 2.29. The Morgan fingerprint density at radius 2 is 2.24 bits per heavy atom. The zero-order chi connectivity index (χ0) is 17.2. The van der Waals surface area contributed by atoms with Gasteiger partial charge in [0.25, 0.3) is 0 Å². The first-order chi connectivity index (χ1) is 12.3. The summed E-state index contributed by atoms with van der Waals surface area (Å²) in [6.45, 7) is 3.34. The fraction of sp³-hybridized carbons (Fsp3) is 0.333. The predicted octanol–water partition coefficient (Wildman–Crippen LogP) is 2.22. The van der Waals surface area contributed by atoms with E-state index in [0.717, 1.165) is 35.8 Å². The summed E-state index contributed by atoms with van der Waals surface area (Å²) < 4.78 is 7.45. The number of pyridine rings is 2. The Kier molecular flexibility index (Phi) is 4.15. The van der Waals surface area contributed by atoms with Gasteiger partial charge >= 0.3 is 0 Å². The normalized spacial score (nSPS) is 17.1. The van der Waals surface area contributed by atoms with E-state index in [0.29, 0.717) is 18.9 Å². The lowest BCUT2D eigenvalue weighted by Gasteiger charge is -2.13. The summed E-state index contributed by atoms with van der Waals surface area (Å²) in [6.07, 6.45) is 3.33. The minimum absolute atomic E-state index is 0.110. The number of hydrogen-bond acceptors (Lipinski definition) is 5. The first kappa shape index (κ1) is 15.7. The van der Waals surface area contributed by atoms with Crippen LogP contribution in [0.1, 0.15) is 25.1 Å². The first-order valence-electron chi connectivity index (χ1n) is 8.44. The van der Waals surface area contributed by atoms with Gasteiger partial charge in [-0.05, 0) is 31.0 Å². The van der Waals surface area contributed by atoms with Gasteiger partial charge in [-0.2, -0.15) is 0 Å². The molecule has 1 aliphatic rings. The van der Waals surface area contributed by atoms with E-state index in [1.165, 1.54) is 6.07 Å². The number of nitrogens with one attached hydrogen (secondary N) is 1. The van der Waals surface area contributed by atoms with Crippen LogP contribution in [-0.2, 0) is 11.2 Å². The summed E-state index contributed by atoms with van der Waals surface area (Å²) in [6, 6.07) is 9.15. The molecule has 4 heterocycles. The van der Waals surface area contributed by atoms with Crippen molar-refractivity contribution in [2.75, 3.05) is 13.2 Å². The Labute approximate surface area is 144 Å². The maximum Gasteiger partial charge on any atom is 0.248 e. The fourth-order valence-corrected chi connectivity index (χ4v) is 3.09. The molecule has 1 fully saturated rings. The summed E-state index contributed by atoms with van der Waals surface area (Å²) in [5.74, 6) is 1.32. The van der Waals surface area contributed by atoms with Crippen LogP contribution in [-0.4, -0.2) is 37.9 Å². The molecule has 25 heavy (non-hydrogen) atoms. The third-order valence-corrected chi connectivity index (χ3v) is 4.37. The Balaban J connectivity index is 1.88. The zero-order valence-electron chi connectivity index (χ0n) is 14.0. The molecule has 3 aromatic heterocycles. The van der Waals surface area contributed by atoms with Crippen molar-refractivity contribution in [3.8, 4) is 22.9 Å². The smallest absolute Gasteiger partial charge is 0.248 e. The number of nitrogens with zero attached hydrogens (tertiary/aromatic N) is 4. The van der Waals surface area contributed by atoms with Gasteiger partial charge in [-0.25, -0.2) is 9.67 Å². The van der Waals surface area contributed by atoms with Crippen molar-refractivity contribution >= 4 is 0 Å². The van der Waals surface area contributed by atoms with Crippen LogP contribution in [0.25, 0.3) is 22.9 Å². The van der Waals surface area contributed by atoms with Crippen molar-refractivity contribution in [2.45, 2.75) is 25.8 Å². The molecule has 1 atom stereocenters. The molecule has 7 heteroatoms. The monoisotopic (exact) mass is 337 g/mol. The highest BCUT2D eigenvalue weighted by molar-refractivity contribution is 5.62. The topological polar surface area (TPSA) is 85.7 Å². The molecule has 3 aromatic rings. The van der Waals surface area contributed by atoms with Crippen molar-refractivity contribution in [3.05, 3.63) is 52.6 Å². The summed E-state index contributed by atoms with van der Waals surface area (Å²) in [7, 11) is 0. The molecule has 0 spiro atoms. The van der Waals surface area contributed by atoms with Gasteiger partial charge < -0.3 is 9.72 Å². The largest absolute Gasteiger partial charge is 0.379 e. The summed E-state index contributed by atoms with van der Waals surface area (Å²) in [5, 5.41) is 4.71. The predicted molar refractivity (Wildman–Crippen MR) is 93.2 cm³/mol. The van der Waals surface area contributed by atoms with Gasteiger partial charge in [0.2, 0.25) is 5.56 Å². The van der Waals surface area contributed by atoms with Crippen LogP contribution in [0.15, 0.2) is 41.3 Å². The van der Waals surface area contributed by atoms with Crippen LogP contribution < -0.4 is 5.56 Å². The van der Waals surface area contributed by atoms with Crippen LogP contribution >= 0.6 is 0 Å². The first-order valence-corrected chi connectivity index (χ1v) is 8.44. The highest BCUT2D eigenvalue weighted by atomic mass is 16.5. The maximum absolute atomic E-state index is 11.7. The third kappa shape index (κ3) is 2.98. The Bertz CT molecular complexity index is 926. The Morgan fingerprint density at radius 1 is 1.32 bits per heavy atom. The summed E-state index contributed by atoms with van der Waals surface area (Å²) in [5.41, 5.74) is 2.36. The zero-order valence-corrected chi connectivity index (χ0v) is 14.0. The van der Waals surface area contributed by atoms with Crippen molar-refractivity contribution in [1.29, 1.82) is 0 Å². The summed E-state index contributed by atoms with van der Waals surface area (Å²) in [4.78, 5) is 23.7. The van der Waals surface area contributed by atoms with Crippen molar-refractivity contribution in [3.63, 3.8) is 0 Å². The molecule has 0 bridgehead atoms. The van der Waals surface area contributed by atoms with Crippen molar-refractivity contribution < 1.29 is 4.74 Å². The van der Waals surface area contributed by atoms with Crippen molar-refractivity contribution in [1.82, 2.24) is 24.7 Å². The summed E-state index contributed by atoms with van der Waals surface area (Å²) >= 11 is 0. The SMILES string of the molecule is CCc1[nH]c(=O)ccc1-c1nc(-c2ccccn2)nn1C1CCOC1. The van der Waals surface area contributed by atoms with Gasteiger partial charge in [-0.3, -0.25) is 9.78 Å². The van der Waals surface area contributed by atoms with Gasteiger partial charge in [-0.15, -0.1) is 5.10 Å². The lowest BCUT2D eigenvalue weighted by atomic mass is 10.1. The Morgan fingerprint density at radius 3 is 2.96 bits per heavy atom. The van der Waals surface area contributed by atoms with E-state index in [9.17, 15) is 4.79 Å². The molecular formula is C18H19N5O2. The standard InChI is InChI=1S/C18H19N5O2/c1-2-14-13(6-7-16(24)20-14)18-21-17(15-5-3-4-9-19-15)22-23(18)12-8-10-25-11-12/h3-7,9,12H,2,8,10-11H2,1H3,(H,20,24). The molecule has 0 radical (unpaired) electrons. The average molecular weight is 337 g/mol. The van der Waals surface area contributed by atoms with Gasteiger partial charge in [0.05, 0.1) is 12.6 Å². The molecule has 0 aliphatic carbocycles. The second-order valence-corrected chi connectivity index (χ2v) is 6.00. The number of aromatic amines is 1. The molecule has 4 rings (SSSR count). The van der Waals surface area contributed by atoms with E-state index >= 15 is 0 Å². The molecule has 1 N–H and O–H groups in total. The maximum atomic E-state index is 11.7. The molecule has 7 nitrogen and oxygen atoms in total. The third-order valence-electron chi connectivity index (χ3n) is 4.37. The lowest BCUT2D eigenvalue weighted by Crippen LogP contribution is -2.14. The average Bonchev–Trinajstić information content (AvgIpc) is 3.32.